The molecule has 4 amide bonds. The quantitative estimate of drug-likeness (QED) is 0.559. The molecule has 9 heteroatoms. The van der Waals surface area contributed by atoms with E-state index in [2.05, 4.69) is 5.32 Å². The van der Waals surface area contributed by atoms with Crippen molar-refractivity contribution < 1.29 is 33.8 Å². The second-order valence-electron chi connectivity index (χ2n) is 5.97. The van der Waals surface area contributed by atoms with Crippen molar-refractivity contribution in [3.63, 3.8) is 0 Å². The van der Waals surface area contributed by atoms with Crippen molar-refractivity contribution in [2.45, 2.75) is 39.2 Å². The smallest absolute Gasteiger partial charge is 0.303 e. The molecule has 1 atom stereocenters. The molecule has 1 aromatic carbocycles. The lowest BCUT2D eigenvalue weighted by Gasteiger charge is -2.27. The number of carbonyl (C=O) groups excluding carboxylic acids is 4. The number of nitrogens with one attached hydrogen (secondary N) is 1. The van der Waals surface area contributed by atoms with Gasteiger partial charge in [-0.05, 0) is 25.0 Å². The van der Waals surface area contributed by atoms with Gasteiger partial charge in [-0.2, -0.15) is 0 Å². The van der Waals surface area contributed by atoms with Gasteiger partial charge < -0.3 is 9.84 Å². The lowest BCUT2D eigenvalue weighted by Crippen LogP contribution is -2.54. The van der Waals surface area contributed by atoms with Gasteiger partial charge in [0.1, 0.15) is 11.8 Å². The van der Waals surface area contributed by atoms with Crippen LogP contribution in [-0.2, 0) is 14.4 Å². The molecule has 1 unspecified atom stereocenters. The van der Waals surface area contributed by atoms with Gasteiger partial charge in [-0.1, -0.05) is 13.5 Å². The Morgan fingerprint density at radius 3 is 2.63 bits per heavy atom. The summed E-state index contributed by atoms with van der Waals surface area (Å²) in [6.45, 7) is 0.0721. The number of rotatable bonds is 6. The summed E-state index contributed by atoms with van der Waals surface area (Å²) in [6.07, 6.45) is 0.287. The number of amides is 4. The molecule has 27 heavy (non-hydrogen) atoms. The normalized spacial score (nSPS) is 18.7. The topological polar surface area (TPSA) is 130 Å². The van der Waals surface area contributed by atoms with Crippen LogP contribution in [0.4, 0.5) is 0 Å². The molecule has 2 N–H and O–H groups in total. The van der Waals surface area contributed by atoms with Crippen LogP contribution in [0.1, 0.15) is 53.8 Å². The van der Waals surface area contributed by atoms with Crippen molar-refractivity contribution in [1.29, 1.82) is 0 Å². The average Bonchev–Trinajstić information content (AvgIpc) is 2.84. The van der Waals surface area contributed by atoms with Crippen molar-refractivity contribution in [3.8, 4) is 5.75 Å². The number of benzene rings is 1. The Balaban J connectivity index is 0.00000261. The largest absolute Gasteiger partial charge is 0.493 e. The van der Waals surface area contributed by atoms with Crippen molar-refractivity contribution >= 4 is 29.6 Å². The van der Waals surface area contributed by atoms with E-state index < -0.39 is 35.6 Å². The van der Waals surface area contributed by atoms with E-state index in [9.17, 15) is 24.0 Å². The maximum atomic E-state index is 12.8. The molecule has 1 fully saturated rings. The third kappa shape index (κ3) is 3.81. The van der Waals surface area contributed by atoms with Crippen molar-refractivity contribution in [1.82, 2.24) is 10.2 Å². The number of piperidine rings is 1. The molecule has 0 radical (unpaired) electrons. The Hall–Kier alpha value is -3.23. The minimum Gasteiger partial charge on any atom is -0.493 e. The minimum absolute atomic E-state index is 0. The molecule has 0 aromatic heterocycles. The third-order valence-corrected chi connectivity index (χ3v) is 4.22. The lowest BCUT2D eigenvalue weighted by molar-refractivity contribution is -0.138. The highest BCUT2D eigenvalue weighted by Gasteiger charge is 2.45. The summed E-state index contributed by atoms with van der Waals surface area (Å²) in [5.41, 5.74) is 0.174. The number of imide groups is 2. The molecular formula is C18H20N2O7. The fourth-order valence-corrected chi connectivity index (χ4v) is 3.01. The zero-order chi connectivity index (χ0) is 18.8. The van der Waals surface area contributed by atoms with Gasteiger partial charge in [0.25, 0.3) is 11.8 Å². The van der Waals surface area contributed by atoms with Gasteiger partial charge in [0.05, 0.1) is 17.7 Å². The first-order valence-electron chi connectivity index (χ1n) is 8.09. The van der Waals surface area contributed by atoms with Crippen LogP contribution >= 0.6 is 0 Å². The van der Waals surface area contributed by atoms with Crippen LogP contribution in [-0.4, -0.2) is 52.3 Å². The predicted octanol–water partition coefficient (Wildman–Crippen LogP) is 0.967. The summed E-state index contributed by atoms with van der Waals surface area (Å²) in [6, 6.07) is 3.48. The molecule has 144 valence electrons. The molecule has 1 saturated heterocycles. The number of carboxylic acids is 1. The first kappa shape index (κ1) is 20.1. The number of carbonyl (C=O) groups is 5. The van der Waals surface area contributed by atoms with Crippen molar-refractivity contribution in [2.75, 3.05) is 6.61 Å². The Kier molecular flexibility index (Phi) is 5.94. The Morgan fingerprint density at radius 1 is 1.22 bits per heavy atom. The van der Waals surface area contributed by atoms with E-state index in [4.69, 9.17) is 9.84 Å². The number of fused-ring (bicyclic) bond motifs is 1. The number of hydrogen-bond acceptors (Lipinski definition) is 6. The Labute approximate surface area is 155 Å². The van der Waals surface area contributed by atoms with E-state index in [0.717, 1.165) is 4.90 Å². The van der Waals surface area contributed by atoms with E-state index in [-0.39, 0.29) is 56.6 Å². The summed E-state index contributed by atoms with van der Waals surface area (Å²) >= 11 is 0. The van der Waals surface area contributed by atoms with Crippen LogP contribution in [0.5, 0.6) is 5.75 Å². The van der Waals surface area contributed by atoms with E-state index in [1.165, 1.54) is 12.1 Å². The van der Waals surface area contributed by atoms with Crippen LogP contribution in [0.25, 0.3) is 0 Å². The average molecular weight is 376 g/mol. The standard InChI is InChI=1S/C17H16N2O7.CH4/c20-12-7-6-10(15(23)18-12)19-16(24)9-3-1-4-11(14(9)17(19)25)26-8-2-5-13(21)22;/h1,3-4,10H,2,5-8H2,(H,21,22)(H,18,20,23);1H4. The van der Waals surface area contributed by atoms with Crippen LogP contribution in [0.15, 0.2) is 18.2 Å². The van der Waals surface area contributed by atoms with Crippen molar-refractivity contribution in [3.05, 3.63) is 29.3 Å². The SMILES string of the molecule is C.O=C(O)CCCOc1cccc2c1C(=O)N(C1CCC(=O)NC1=O)C2=O. The highest BCUT2D eigenvalue weighted by Crippen LogP contribution is 2.33. The van der Waals surface area contributed by atoms with Gasteiger partial charge in [-0.15, -0.1) is 0 Å². The number of nitrogens with zero attached hydrogens (tertiary/aromatic N) is 1. The van der Waals surface area contributed by atoms with Crippen LogP contribution in [0, 0.1) is 0 Å². The van der Waals surface area contributed by atoms with Crippen LogP contribution in [0.3, 0.4) is 0 Å². The van der Waals surface area contributed by atoms with Gasteiger partial charge in [0.2, 0.25) is 11.8 Å². The molecule has 2 aliphatic heterocycles. The molecule has 0 saturated carbocycles. The fourth-order valence-electron chi connectivity index (χ4n) is 3.01. The molecule has 0 aliphatic carbocycles. The van der Waals surface area contributed by atoms with Gasteiger partial charge in [-0.3, -0.25) is 34.2 Å². The zero-order valence-electron chi connectivity index (χ0n) is 13.7. The van der Waals surface area contributed by atoms with Crippen LogP contribution < -0.4 is 10.1 Å². The van der Waals surface area contributed by atoms with E-state index >= 15 is 0 Å². The second kappa shape index (κ2) is 7.98. The van der Waals surface area contributed by atoms with E-state index in [0.29, 0.717) is 0 Å². The summed E-state index contributed by atoms with van der Waals surface area (Å²) in [5.74, 6) is -3.18. The zero-order valence-corrected chi connectivity index (χ0v) is 13.7. The monoisotopic (exact) mass is 376 g/mol. The highest BCUT2D eigenvalue weighted by molar-refractivity contribution is 6.24. The maximum Gasteiger partial charge on any atom is 0.303 e. The number of hydrogen-bond donors (Lipinski definition) is 2. The molecule has 2 aliphatic rings. The summed E-state index contributed by atoms with van der Waals surface area (Å²) in [5, 5.41) is 10.8. The van der Waals surface area contributed by atoms with Gasteiger partial charge in [0, 0.05) is 12.8 Å². The summed E-state index contributed by atoms with van der Waals surface area (Å²) in [4.78, 5) is 60.1. The maximum absolute atomic E-state index is 12.8. The molecule has 1 aromatic rings. The minimum atomic E-state index is -1.04. The first-order valence-corrected chi connectivity index (χ1v) is 8.09. The van der Waals surface area contributed by atoms with E-state index in [1.54, 1.807) is 6.07 Å². The number of carboxylic acid groups (broad SMARTS) is 1. The molecular weight excluding hydrogens is 356 g/mol. The Morgan fingerprint density at radius 2 is 1.96 bits per heavy atom. The molecule has 9 nitrogen and oxygen atoms in total. The lowest BCUT2D eigenvalue weighted by atomic mass is 10.0. The summed E-state index contributed by atoms with van der Waals surface area (Å²) in [7, 11) is 0. The molecule has 0 bridgehead atoms. The van der Waals surface area contributed by atoms with Crippen molar-refractivity contribution in [2.24, 2.45) is 0 Å². The highest BCUT2D eigenvalue weighted by atomic mass is 16.5. The predicted molar refractivity (Wildman–Crippen MR) is 92.2 cm³/mol. The Bertz CT molecular complexity index is 818. The third-order valence-electron chi connectivity index (χ3n) is 4.22. The number of ether oxygens (including phenoxy) is 1. The fraction of sp³-hybridized carbons (Fsp3) is 0.389. The second-order valence-corrected chi connectivity index (χ2v) is 5.97. The molecule has 3 rings (SSSR count). The number of aliphatic carboxylic acids is 1. The van der Waals surface area contributed by atoms with Gasteiger partial charge in [0.15, 0.2) is 0 Å². The van der Waals surface area contributed by atoms with Gasteiger partial charge >= 0.3 is 5.97 Å². The van der Waals surface area contributed by atoms with Crippen LogP contribution in [0.2, 0.25) is 0 Å². The first-order chi connectivity index (χ1) is 12.4. The summed E-state index contributed by atoms with van der Waals surface area (Å²) < 4.78 is 5.48. The molecule has 2 heterocycles. The van der Waals surface area contributed by atoms with Gasteiger partial charge in [-0.25, -0.2) is 0 Å². The van der Waals surface area contributed by atoms with E-state index in [1.807, 2.05) is 0 Å². The molecule has 0 spiro atoms.